The number of ether oxygens (including phenoxy) is 1. The van der Waals surface area contributed by atoms with Crippen molar-refractivity contribution in [3.8, 4) is 23.0 Å². The van der Waals surface area contributed by atoms with Gasteiger partial charge < -0.3 is 19.1 Å². The molecule has 5 saturated carbocycles. The van der Waals surface area contributed by atoms with E-state index in [0.29, 0.717) is 24.5 Å². The molecule has 1 N–H and O–H groups in total. The molecule has 0 aliphatic heterocycles. The molecule has 0 amide bonds. The van der Waals surface area contributed by atoms with Gasteiger partial charge in [-0.2, -0.15) is 4.73 Å². The molecule has 4 aromatic rings. The van der Waals surface area contributed by atoms with E-state index in [9.17, 15) is 9.90 Å². The first-order valence-corrected chi connectivity index (χ1v) is 16.6. The largest absolute Gasteiger partial charge is 0.478 e. The van der Waals surface area contributed by atoms with E-state index in [1.165, 1.54) is 25.7 Å². The third-order valence-corrected chi connectivity index (χ3v) is 10.6. The fourth-order valence-corrected chi connectivity index (χ4v) is 8.89. The van der Waals surface area contributed by atoms with Crippen LogP contribution in [0.1, 0.15) is 104 Å². The van der Waals surface area contributed by atoms with Crippen LogP contribution in [0.5, 0.6) is 0 Å². The van der Waals surface area contributed by atoms with Crippen LogP contribution in [0.2, 0.25) is 0 Å². The van der Waals surface area contributed by atoms with Crippen molar-refractivity contribution in [1.29, 1.82) is 0 Å². The highest BCUT2D eigenvalue weighted by Gasteiger charge is 2.52. The third-order valence-electron chi connectivity index (χ3n) is 10.6. The van der Waals surface area contributed by atoms with Crippen molar-refractivity contribution in [3.63, 3.8) is 0 Å². The second kappa shape index (κ2) is 11.7. The van der Waals surface area contributed by atoms with Gasteiger partial charge in [-0.1, -0.05) is 55.7 Å². The summed E-state index contributed by atoms with van der Waals surface area (Å²) in [5.41, 5.74) is 3.06. The summed E-state index contributed by atoms with van der Waals surface area (Å²) >= 11 is 0. The van der Waals surface area contributed by atoms with Crippen LogP contribution in [0, 0.1) is 17.8 Å². The molecule has 45 heavy (non-hydrogen) atoms. The maximum absolute atomic E-state index is 11.6. The summed E-state index contributed by atoms with van der Waals surface area (Å²) in [7, 11) is 0. The molecule has 5 aliphatic carbocycles. The molecular formula is C36H40N4O5. The first-order chi connectivity index (χ1) is 22.0. The van der Waals surface area contributed by atoms with Gasteiger partial charge in [-0.05, 0) is 92.9 Å². The first kappa shape index (κ1) is 28.5. The van der Waals surface area contributed by atoms with Crippen molar-refractivity contribution in [1.82, 2.24) is 19.9 Å². The Bertz CT molecular complexity index is 1640. The Kier molecular flexibility index (Phi) is 7.44. The van der Waals surface area contributed by atoms with E-state index < -0.39 is 5.97 Å². The summed E-state index contributed by atoms with van der Waals surface area (Å²) < 4.78 is 15.1. The summed E-state index contributed by atoms with van der Waals surface area (Å²) in [4.78, 5) is 23.5. The number of imidazole rings is 1. The topological polar surface area (TPSA) is 112 Å². The molecule has 0 spiro atoms. The summed E-state index contributed by atoms with van der Waals surface area (Å²) in [6.07, 6.45) is 13.2. The Hall–Kier alpha value is -3.98. The fourth-order valence-electron chi connectivity index (χ4n) is 8.89. The first-order valence-electron chi connectivity index (χ1n) is 16.6. The lowest BCUT2D eigenvalue weighted by molar-refractivity contribution is -0.169. The Labute approximate surface area is 262 Å². The van der Waals surface area contributed by atoms with E-state index in [1.54, 1.807) is 24.3 Å². The van der Waals surface area contributed by atoms with Gasteiger partial charge >= 0.3 is 5.97 Å². The number of carboxylic acids is 1. The predicted molar refractivity (Wildman–Crippen MR) is 166 cm³/mol. The molecule has 2 aromatic heterocycles. The van der Waals surface area contributed by atoms with Crippen molar-refractivity contribution in [3.05, 3.63) is 77.2 Å². The van der Waals surface area contributed by atoms with Gasteiger partial charge in [-0.15, -0.1) is 10.2 Å². The summed E-state index contributed by atoms with van der Waals surface area (Å²) in [6, 6.07) is 16.7. The number of hydrogen-bond acceptors (Lipinski definition) is 7. The molecule has 0 atom stereocenters. The van der Waals surface area contributed by atoms with Crippen molar-refractivity contribution in [2.24, 2.45) is 17.8 Å². The second-order valence-corrected chi connectivity index (χ2v) is 13.8. The number of aromatic nitrogens is 4. The highest BCUT2D eigenvalue weighted by atomic mass is 16.7. The molecule has 5 fully saturated rings. The lowest BCUT2D eigenvalue weighted by Crippen LogP contribution is -2.51. The SMILES string of the molecule is O=C(O)c1cccc(-c2nnc(-c3c(COC45CC6CC(CC(C6)C4)C5)nc(C4CCCCC4)n3OCc3ccccc3)o2)c1. The summed E-state index contributed by atoms with van der Waals surface area (Å²) in [5, 5.41) is 18.4. The smallest absolute Gasteiger partial charge is 0.335 e. The van der Waals surface area contributed by atoms with Gasteiger partial charge in [0.25, 0.3) is 5.89 Å². The normalized spacial score (nSPS) is 25.9. The van der Waals surface area contributed by atoms with Gasteiger partial charge in [0.2, 0.25) is 5.89 Å². The number of hydrogen-bond donors (Lipinski definition) is 1. The molecule has 2 heterocycles. The molecule has 9 heteroatoms. The standard InChI is InChI=1S/C36H40N4O5/c41-35(42)29-13-7-12-28(17-29)33-38-39-34(45-33)31-30(22-43-36-18-24-14-25(19-36)16-26(15-24)20-36)37-32(27-10-5-2-6-11-27)40(31)44-21-23-8-3-1-4-9-23/h1,3-4,7-9,12-13,17,24-27H,2,5-6,10-11,14-16,18-22H2,(H,41,42). The highest BCUT2D eigenvalue weighted by molar-refractivity contribution is 5.89. The lowest BCUT2D eigenvalue weighted by atomic mass is 9.54. The molecule has 0 radical (unpaired) electrons. The molecule has 9 nitrogen and oxygen atoms in total. The van der Waals surface area contributed by atoms with Crippen molar-refractivity contribution in [2.75, 3.05) is 0 Å². The second-order valence-electron chi connectivity index (χ2n) is 13.8. The Balaban J connectivity index is 1.18. The fraction of sp³-hybridized carbons (Fsp3) is 0.500. The number of aromatic carboxylic acids is 1. The molecule has 4 bridgehead atoms. The van der Waals surface area contributed by atoms with Gasteiger partial charge in [0.05, 0.1) is 17.8 Å². The van der Waals surface area contributed by atoms with Gasteiger partial charge in [0.15, 0.2) is 5.69 Å². The van der Waals surface area contributed by atoms with Crippen molar-refractivity contribution < 1.29 is 23.9 Å². The van der Waals surface area contributed by atoms with Crippen LogP contribution in [0.25, 0.3) is 23.0 Å². The van der Waals surface area contributed by atoms with Crippen LogP contribution in [-0.4, -0.2) is 36.6 Å². The van der Waals surface area contributed by atoms with Gasteiger partial charge in [0.1, 0.15) is 18.1 Å². The van der Waals surface area contributed by atoms with Gasteiger partial charge in [0, 0.05) is 11.5 Å². The van der Waals surface area contributed by atoms with E-state index in [1.807, 2.05) is 35.1 Å². The number of benzene rings is 2. The van der Waals surface area contributed by atoms with Crippen LogP contribution in [-0.2, 0) is 18.0 Å². The summed E-state index contributed by atoms with van der Waals surface area (Å²) in [6.45, 7) is 0.718. The maximum Gasteiger partial charge on any atom is 0.335 e. The van der Waals surface area contributed by atoms with E-state index in [0.717, 1.165) is 79.8 Å². The van der Waals surface area contributed by atoms with E-state index in [4.69, 9.17) is 19.0 Å². The van der Waals surface area contributed by atoms with Gasteiger partial charge in [-0.3, -0.25) is 0 Å². The zero-order valence-electron chi connectivity index (χ0n) is 25.6. The zero-order chi connectivity index (χ0) is 30.4. The Morgan fingerprint density at radius 2 is 1.60 bits per heavy atom. The quantitative estimate of drug-likeness (QED) is 0.197. The van der Waals surface area contributed by atoms with Gasteiger partial charge in [-0.25, -0.2) is 9.78 Å². The van der Waals surface area contributed by atoms with E-state index in [2.05, 4.69) is 10.2 Å². The van der Waals surface area contributed by atoms with E-state index >= 15 is 0 Å². The molecule has 9 rings (SSSR count). The minimum Gasteiger partial charge on any atom is -0.478 e. The molecular weight excluding hydrogens is 568 g/mol. The molecule has 0 unspecified atom stereocenters. The summed E-state index contributed by atoms with van der Waals surface area (Å²) in [5.74, 6) is 3.01. The highest BCUT2D eigenvalue weighted by Crippen LogP contribution is 2.57. The number of rotatable bonds is 10. The van der Waals surface area contributed by atoms with E-state index in [-0.39, 0.29) is 28.9 Å². The van der Waals surface area contributed by atoms with Crippen LogP contribution in [0.15, 0.2) is 59.0 Å². The van der Waals surface area contributed by atoms with Crippen molar-refractivity contribution >= 4 is 5.97 Å². The maximum atomic E-state index is 11.6. The molecule has 2 aromatic carbocycles. The number of carboxylic acid groups (broad SMARTS) is 1. The molecule has 5 aliphatic rings. The Morgan fingerprint density at radius 1 is 0.889 bits per heavy atom. The van der Waals surface area contributed by atoms with Crippen molar-refractivity contribution in [2.45, 2.75) is 95.4 Å². The lowest BCUT2D eigenvalue weighted by Gasteiger charge is -2.56. The van der Waals surface area contributed by atoms with Crippen LogP contribution >= 0.6 is 0 Å². The Morgan fingerprint density at radius 3 is 2.31 bits per heavy atom. The predicted octanol–water partition coefficient (Wildman–Crippen LogP) is 7.46. The third kappa shape index (κ3) is 5.67. The monoisotopic (exact) mass is 608 g/mol. The minimum atomic E-state index is -1.01. The van der Waals surface area contributed by atoms with Crippen LogP contribution in [0.4, 0.5) is 0 Å². The zero-order valence-corrected chi connectivity index (χ0v) is 25.6. The minimum absolute atomic E-state index is 0.0804. The van der Waals surface area contributed by atoms with Crippen LogP contribution < -0.4 is 4.84 Å². The number of carbonyl (C=O) groups is 1. The molecule has 0 saturated heterocycles. The average Bonchev–Trinajstić information content (AvgIpc) is 3.68. The molecule has 234 valence electrons. The average molecular weight is 609 g/mol. The number of nitrogens with zero attached hydrogens (tertiary/aromatic N) is 4. The van der Waals surface area contributed by atoms with Crippen LogP contribution in [0.3, 0.4) is 0 Å².